The van der Waals surface area contributed by atoms with Gasteiger partial charge in [0.25, 0.3) is 5.91 Å². The van der Waals surface area contributed by atoms with Gasteiger partial charge in [-0.05, 0) is 18.2 Å². The number of methoxy groups -OCH3 is 1. The van der Waals surface area contributed by atoms with Crippen LogP contribution in [0.25, 0.3) is 0 Å². The zero-order chi connectivity index (χ0) is 17.1. The van der Waals surface area contributed by atoms with Gasteiger partial charge in [0.1, 0.15) is 17.2 Å². The molecule has 1 saturated heterocycles. The fraction of sp³-hybridized carbons (Fsp3) is 0.312. The van der Waals surface area contributed by atoms with E-state index in [0.29, 0.717) is 37.9 Å². The van der Waals surface area contributed by atoms with Crippen molar-refractivity contribution in [1.82, 2.24) is 15.1 Å². The lowest BCUT2D eigenvalue weighted by molar-refractivity contribution is 0.0736. The van der Waals surface area contributed by atoms with E-state index in [1.165, 1.54) is 18.1 Å². The van der Waals surface area contributed by atoms with E-state index in [0.717, 1.165) is 12.1 Å². The zero-order valence-electron chi connectivity index (χ0n) is 13.5. The highest BCUT2D eigenvalue weighted by Gasteiger charge is 2.27. The molecule has 0 aliphatic carbocycles. The van der Waals surface area contributed by atoms with Gasteiger partial charge in [0.05, 0.1) is 7.11 Å². The number of aromatic nitrogens is 2. The maximum Gasteiger partial charge on any atom is 0.259 e. The van der Waals surface area contributed by atoms with Crippen LogP contribution in [-0.4, -0.2) is 54.3 Å². The van der Waals surface area contributed by atoms with E-state index in [4.69, 9.17) is 4.74 Å². The Morgan fingerprint density at radius 3 is 2.20 bits per heavy atom. The molecule has 6 nitrogen and oxygen atoms in total. The fourth-order valence-corrected chi connectivity index (χ4v) is 2.59. The molecule has 25 heavy (non-hydrogen) atoms. The lowest BCUT2D eigenvalue weighted by atomic mass is 10.1. The Labute approximate surface area is 149 Å². The van der Waals surface area contributed by atoms with Crippen LogP contribution in [0, 0.1) is 11.6 Å². The van der Waals surface area contributed by atoms with E-state index in [1.807, 2.05) is 4.90 Å². The molecule has 1 aliphatic rings. The number of ether oxygens (including phenoxy) is 1. The summed E-state index contributed by atoms with van der Waals surface area (Å²) in [4.78, 5) is 15.7. The SMILES string of the molecule is COc1ccc(N2CCN(C(=O)c3c(F)cccc3F)CC2)nn1.Cl. The summed E-state index contributed by atoms with van der Waals surface area (Å²) in [6, 6.07) is 6.88. The summed E-state index contributed by atoms with van der Waals surface area (Å²) in [6.07, 6.45) is 0. The number of anilines is 1. The first-order valence-corrected chi connectivity index (χ1v) is 7.46. The van der Waals surface area contributed by atoms with E-state index < -0.39 is 23.1 Å². The second-order valence-corrected chi connectivity index (χ2v) is 5.31. The third-order valence-corrected chi connectivity index (χ3v) is 3.90. The largest absolute Gasteiger partial charge is 0.480 e. The van der Waals surface area contributed by atoms with Crippen LogP contribution >= 0.6 is 12.4 Å². The average molecular weight is 371 g/mol. The van der Waals surface area contributed by atoms with Crippen molar-refractivity contribution in [2.45, 2.75) is 0 Å². The Morgan fingerprint density at radius 2 is 1.68 bits per heavy atom. The van der Waals surface area contributed by atoms with Crippen molar-refractivity contribution >= 4 is 24.1 Å². The second-order valence-electron chi connectivity index (χ2n) is 5.31. The molecule has 0 spiro atoms. The van der Waals surface area contributed by atoms with E-state index in [-0.39, 0.29) is 12.4 Å². The molecule has 0 atom stereocenters. The van der Waals surface area contributed by atoms with E-state index in [1.54, 1.807) is 12.1 Å². The molecule has 1 fully saturated rings. The molecule has 3 rings (SSSR count). The van der Waals surface area contributed by atoms with Gasteiger partial charge < -0.3 is 14.5 Å². The molecule has 1 aromatic carbocycles. The number of carbonyl (C=O) groups is 1. The third-order valence-electron chi connectivity index (χ3n) is 3.90. The first-order valence-electron chi connectivity index (χ1n) is 7.46. The number of halogens is 3. The minimum atomic E-state index is -0.844. The van der Waals surface area contributed by atoms with Crippen molar-refractivity contribution in [3.05, 3.63) is 47.5 Å². The predicted octanol–water partition coefficient (Wildman–Crippen LogP) is 2.15. The van der Waals surface area contributed by atoms with Crippen LogP contribution in [0.3, 0.4) is 0 Å². The molecule has 0 saturated carbocycles. The Hall–Kier alpha value is -2.48. The number of rotatable bonds is 3. The number of hydrogen-bond acceptors (Lipinski definition) is 5. The average Bonchev–Trinajstić information content (AvgIpc) is 2.62. The van der Waals surface area contributed by atoms with Crippen LogP contribution in [0.1, 0.15) is 10.4 Å². The van der Waals surface area contributed by atoms with Gasteiger partial charge in [-0.2, -0.15) is 0 Å². The van der Waals surface area contributed by atoms with Gasteiger partial charge in [0.15, 0.2) is 5.82 Å². The normalized spacial score (nSPS) is 14.0. The molecule has 2 heterocycles. The van der Waals surface area contributed by atoms with Crippen molar-refractivity contribution in [1.29, 1.82) is 0 Å². The van der Waals surface area contributed by atoms with Crippen molar-refractivity contribution in [2.75, 3.05) is 38.2 Å². The Balaban J connectivity index is 0.00000225. The molecular weight excluding hydrogens is 354 g/mol. The van der Waals surface area contributed by atoms with Gasteiger partial charge in [-0.1, -0.05) is 6.07 Å². The summed E-state index contributed by atoms with van der Waals surface area (Å²) in [7, 11) is 1.51. The minimum Gasteiger partial charge on any atom is -0.480 e. The molecule has 0 N–H and O–H groups in total. The lowest BCUT2D eigenvalue weighted by Crippen LogP contribution is -2.49. The van der Waals surface area contributed by atoms with Gasteiger partial charge in [-0.25, -0.2) is 8.78 Å². The Bertz CT molecular complexity index is 717. The number of hydrogen-bond donors (Lipinski definition) is 0. The number of carbonyl (C=O) groups excluding carboxylic acids is 1. The molecule has 0 bridgehead atoms. The lowest BCUT2D eigenvalue weighted by Gasteiger charge is -2.35. The van der Waals surface area contributed by atoms with Crippen molar-refractivity contribution in [3.8, 4) is 5.88 Å². The molecule has 1 amide bonds. The molecule has 0 radical (unpaired) electrons. The molecule has 134 valence electrons. The van der Waals surface area contributed by atoms with E-state index in [2.05, 4.69) is 10.2 Å². The van der Waals surface area contributed by atoms with Crippen molar-refractivity contribution < 1.29 is 18.3 Å². The van der Waals surface area contributed by atoms with E-state index in [9.17, 15) is 13.6 Å². The van der Waals surface area contributed by atoms with Gasteiger partial charge in [0.2, 0.25) is 5.88 Å². The summed E-state index contributed by atoms with van der Waals surface area (Å²) in [6.45, 7) is 1.70. The van der Waals surface area contributed by atoms with Gasteiger partial charge in [0, 0.05) is 32.2 Å². The number of benzene rings is 1. The Morgan fingerprint density at radius 1 is 1.04 bits per heavy atom. The topological polar surface area (TPSA) is 58.6 Å². The van der Waals surface area contributed by atoms with Crippen LogP contribution in [-0.2, 0) is 0 Å². The summed E-state index contributed by atoms with van der Waals surface area (Å²) in [5.41, 5.74) is -0.504. The van der Waals surface area contributed by atoms with Gasteiger partial charge in [-0.3, -0.25) is 4.79 Å². The van der Waals surface area contributed by atoms with Crippen molar-refractivity contribution in [2.24, 2.45) is 0 Å². The molecule has 1 aliphatic heterocycles. The summed E-state index contributed by atoms with van der Waals surface area (Å²) in [5.74, 6) is -1.24. The van der Waals surface area contributed by atoms with Crippen molar-refractivity contribution in [3.63, 3.8) is 0 Å². The summed E-state index contributed by atoms with van der Waals surface area (Å²) < 4.78 is 32.4. The van der Waals surface area contributed by atoms with Crippen LogP contribution in [0.15, 0.2) is 30.3 Å². The van der Waals surface area contributed by atoms with Crippen LogP contribution in [0.2, 0.25) is 0 Å². The molecular formula is C16H17ClF2N4O2. The number of amides is 1. The maximum absolute atomic E-state index is 13.7. The molecule has 2 aromatic rings. The number of piperazine rings is 1. The highest BCUT2D eigenvalue weighted by Crippen LogP contribution is 2.18. The summed E-state index contributed by atoms with van der Waals surface area (Å²) in [5, 5.41) is 7.96. The van der Waals surface area contributed by atoms with Gasteiger partial charge in [-0.15, -0.1) is 22.6 Å². The monoisotopic (exact) mass is 370 g/mol. The highest BCUT2D eigenvalue weighted by molar-refractivity contribution is 5.95. The van der Waals surface area contributed by atoms with Crippen LogP contribution in [0.4, 0.5) is 14.6 Å². The first kappa shape index (κ1) is 18.9. The van der Waals surface area contributed by atoms with Crippen LogP contribution < -0.4 is 9.64 Å². The third kappa shape index (κ3) is 3.96. The highest BCUT2D eigenvalue weighted by atomic mass is 35.5. The minimum absolute atomic E-state index is 0. The summed E-state index contributed by atoms with van der Waals surface area (Å²) >= 11 is 0. The first-order chi connectivity index (χ1) is 11.6. The zero-order valence-corrected chi connectivity index (χ0v) is 14.3. The molecule has 0 unspecified atom stereocenters. The Kier molecular flexibility index (Phi) is 6.08. The fourth-order valence-electron chi connectivity index (χ4n) is 2.59. The maximum atomic E-state index is 13.7. The molecule has 9 heteroatoms. The van der Waals surface area contributed by atoms with E-state index >= 15 is 0 Å². The second kappa shape index (κ2) is 8.06. The smallest absolute Gasteiger partial charge is 0.259 e. The molecule has 1 aromatic heterocycles. The number of nitrogens with zero attached hydrogens (tertiary/aromatic N) is 4. The predicted molar refractivity (Wildman–Crippen MR) is 90.3 cm³/mol. The standard InChI is InChI=1S/C16H16F2N4O2.ClH/c1-24-14-6-5-13(19-20-14)21-7-9-22(10-8-21)16(23)15-11(17)3-2-4-12(15)18;/h2-6H,7-10H2,1H3;1H. The van der Waals surface area contributed by atoms with Gasteiger partial charge >= 0.3 is 0 Å². The van der Waals surface area contributed by atoms with Crippen LogP contribution in [0.5, 0.6) is 5.88 Å². The quantitative estimate of drug-likeness (QED) is 0.828.